The van der Waals surface area contributed by atoms with E-state index in [2.05, 4.69) is 10.6 Å². The minimum atomic E-state index is -0.570. The SMILES string of the molecule is O=C(NCc1ccccc1)C(=O)NCC1CS1. The largest absolute Gasteiger partial charge is 0.347 e. The number of benzene rings is 1. The molecule has 2 rings (SSSR count). The first kappa shape index (κ1) is 12.0. The molecule has 0 aliphatic carbocycles. The number of hydrogen-bond donors (Lipinski definition) is 2. The van der Waals surface area contributed by atoms with Crippen LogP contribution in [-0.4, -0.2) is 29.4 Å². The maximum atomic E-state index is 11.4. The predicted molar refractivity (Wildman–Crippen MR) is 67.5 cm³/mol. The van der Waals surface area contributed by atoms with Gasteiger partial charge in [0.2, 0.25) is 0 Å². The molecule has 2 amide bonds. The molecule has 5 heteroatoms. The van der Waals surface area contributed by atoms with Crippen LogP contribution >= 0.6 is 11.8 Å². The highest BCUT2D eigenvalue weighted by atomic mass is 32.2. The molecular weight excluding hydrogens is 236 g/mol. The van der Waals surface area contributed by atoms with Crippen LogP contribution < -0.4 is 10.6 Å². The van der Waals surface area contributed by atoms with Crippen LogP contribution in [0.2, 0.25) is 0 Å². The number of hydrogen-bond acceptors (Lipinski definition) is 3. The minimum Gasteiger partial charge on any atom is -0.347 e. The quantitative estimate of drug-likeness (QED) is 0.605. The summed E-state index contributed by atoms with van der Waals surface area (Å²) in [5, 5.41) is 5.69. The number of thioether (sulfide) groups is 1. The highest BCUT2D eigenvalue weighted by Crippen LogP contribution is 2.28. The fourth-order valence-corrected chi connectivity index (χ4v) is 1.79. The van der Waals surface area contributed by atoms with Crippen LogP contribution in [0.15, 0.2) is 30.3 Å². The van der Waals surface area contributed by atoms with Crippen molar-refractivity contribution in [3.8, 4) is 0 Å². The minimum absolute atomic E-state index is 0.380. The van der Waals surface area contributed by atoms with Crippen LogP contribution in [0.4, 0.5) is 0 Å². The van der Waals surface area contributed by atoms with Gasteiger partial charge in [-0.2, -0.15) is 11.8 Å². The van der Waals surface area contributed by atoms with E-state index in [-0.39, 0.29) is 0 Å². The topological polar surface area (TPSA) is 58.2 Å². The van der Waals surface area contributed by atoms with Crippen LogP contribution in [0.1, 0.15) is 5.56 Å². The summed E-state index contributed by atoms with van der Waals surface area (Å²) in [6.45, 7) is 0.966. The summed E-state index contributed by atoms with van der Waals surface area (Å²) in [6, 6.07) is 9.50. The Morgan fingerprint density at radius 3 is 2.47 bits per heavy atom. The zero-order valence-corrected chi connectivity index (χ0v) is 10.1. The summed E-state index contributed by atoms with van der Waals surface area (Å²) >= 11 is 1.79. The fourth-order valence-electron chi connectivity index (χ4n) is 1.33. The van der Waals surface area contributed by atoms with Gasteiger partial charge in [-0.1, -0.05) is 30.3 Å². The van der Waals surface area contributed by atoms with Crippen LogP contribution in [0.25, 0.3) is 0 Å². The Balaban J connectivity index is 1.70. The van der Waals surface area contributed by atoms with Crippen molar-refractivity contribution in [2.24, 2.45) is 0 Å². The van der Waals surface area contributed by atoms with E-state index in [0.717, 1.165) is 11.3 Å². The van der Waals surface area contributed by atoms with E-state index in [0.29, 0.717) is 18.3 Å². The lowest BCUT2D eigenvalue weighted by Crippen LogP contribution is -2.40. The highest BCUT2D eigenvalue weighted by Gasteiger charge is 2.24. The monoisotopic (exact) mass is 250 g/mol. The molecule has 1 fully saturated rings. The normalized spacial score (nSPS) is 17.3. The van der Waals surface area contributed by atoms with Gasteiger partial charge < -0.3 is 10.6 Å². The van der Waals surface area contributed by atoms with Crippen molar-refractivity contribution >= 4 is 23.6 Å². The molecule has 1 aliphatic rings. The van der Waals surface area contributed by atoms with Gasteiger partial charge >= 0.3 is 11.8 Å². The van der Waals surface area contributed by atoms with Crippen molar-refractivity contribution in [3.05, 3.63) is 35.9 Å². The third-order valence-electron chi connectivity index (χ3n) is 2.39. The van der Waals surface area contributed by atoms with Crippen molar-refractivity contribution in [3.63, 3.8) is 0 Å². The van der Waals surface area contributed by atoms with E-state index < -0.39 is 11.8 Å². The third-order valence-corrected chi connectivity index (χ3v) is 3.37. The van der Waals surface area contributed by atoms with Gasteiger partial charge in [-0.25, -0.2) is 0 Å². The van der Waals surface area contributed by atoms with Gasteiger partial charge in [-0.15, -0.1) is 0 Å². The molecule has 0 radical (unpaired) electrons. The average molecular weight is 250 g/mol. The molecule has 1 aromatic carbocycles. The smallest absolute Gasteiger partial charge is 0.309 e. The second-order valence-electron chi connectivity index (χ2n) is 3.83. The Hall–Kier alpha value is -1.49. The Morgan fingerprint density at radius 1 is 1.18 bits per heavy atom. The molecule has 1 heterocycles. The van der Waals surface area contributed by atoms with Crippen molar-refractivity contribution in [1.82, 2.24) is 10.6 Å². The van der Waals surface area contributed by atoms with Crippen molar-refractivity contribution in [1.29, 1.82) is 0 Å². The fraction of sp³-hybridized carbons (Fsp3) is 0.333. The zero-order chi connectivity index (χ0) is 12.1. The Labute approximate surface area is 104 Å². The second-order valence-corrected chi connectivity index (χ2v) is 5.17. The van der Waals surface area contributed by atoms with E-state index in [9.17, 15) is 9.59 Å². The Kier molecular flexibility index (Phi) is 4.03. The summed E-state index contributed by atoms with van der Waals surface area (Å²) in [4.78, 5) is 22.8. The molecule has 1 atom stereocenters. The molecule has 17 heavy (non-hydrogen) atoms. The first-order chi connectivity index (χ1) is 8.25. The lowest BCUT2D eigenvalue weighted by molar-refractivity contribution is -0.139. The van der Waals surface area contributed by atoms with E-state index in [4.69, 9.17) is 0 Å². The summed E-state index contributed by atoms with van der Waals surface area (Å²) in [6.07, 6.45) is 0. The standard InChI is InChI=1S/C12H14N2O2S/c15-11(12(16)14-7-10-8-17-10)13-6-9-4-2-1-3-5-9/h1-5,10H,6-8H2,(H,13,15)(H,14,16). The molecular formula is C12H14N2O2S. The number of rotatable bonds is 4. The van der Waals surface area contributed by atoms with Gasteiger partial charge in [-0.05, 0) is 5.56 Å². The summed E-state index contributed by atoms with van der Waals surface area (Å²) in [7, 11) is 0. The average Bonchev–Trinajstić information content (AvgIpc) is 3.18. The molecule has 0 spiro atoms. The zero-order valence-electron chi connectivity index (χ0n) is 9.31. The second kappa shape index (κ2) is 5.72. The molecule has 1 aromatic rings. The van der Waals surface area contributed by atoms with Crippen LogP contribution in [0.3, 0.4) is 0 Å². The van der Waals surface area contributed by atoms with E-state index >= 15 is 0 Å². The summed E-state index contributed by atoms with van der Waals surface area (Å²) in [5.41, 5.74) is 0.978. The van der Waals surface area contributed by atoms with E-state index in [1.54, 1.807) is 11.8 Å². The number of amides is 2. The maximum absolute atomic E-state index is 11.4. The van der Waals surface area contributed by atoms with Gasteiger partial charge in [0, 0.05) is 24.1 Å². The Bertz CT molecular complexity index is 404. The highest BCUT2D eigenvalue weighted by molar-refractivity contribution is 8.06. The number of carbonyl (C=O) groups excluding carboxylic acids is 2. The molecule has 1 saturated heterocycles. The van der Waals surface area contributed by atoms with Crippen LogP contribution in [-0.2, 0) is 16.1 Å². The van der Waals surface area contributed by atoms with Crippen LogP contribution in [0.5, 0.6) is 0 Å². The van der Waals surface area contributed by atoms with Gasteiger partial charge in [0.15, 0.2) is 0 Å². The first-order valence-corrected chi connectivity index (χ1v) is 6.52. The molecule has 0 saturated carbocycles. The molecule has 0 bridgehead atoms. The molecule has 4 nitrogen and oxygen atoms in total. The van der Waals surface area contributed by atoms with Gasteiger partial charge in [0.1, 0.15) is 0 Å². The summed E-state index contributed by atoms with van der Waals surface area (Å²) in [5.74, 6) is -0.0423. The number of nitrogens with one attached hydrogen (secondary N) is 2. The van der Waals surface area contributed by atoms with E-state index in [1.807, 2.05) is 30.3 Å². The van der Waals surface area contributed by atoms with Crippen molar-refractivity contribution < 1.29 is 9.59 Å². The molecule has 0 aromatic heterocycles. The molecule has 2 N–H and O–H groups in total. The molecule has 1 aliphatic heterocycles. The first-order valence-electron chi connectivity index (χ1n) is 5.47. The third kappa shape index (κ3) is 4.11. The number of carbonyl (C=O) groups is 2. The van der Waals surface area contributed by atoms with Gasteiger partial charge in [-0.3, -0.25) is 9.59 Å². The molecule has 90 valence electrons. The summed E-state index contributed by atoms with van der Waals surface area (Å²) < 4.78 is 0. The van der Waals surface area contributed by atoms with Crippen molar-refractivity contribution in [2.75, 3.05) is 12.3 Å². The van der Waals surface area contributed by atoms with E-state index in [1.165, 1.54) is 0 Å². The molecule has 1 unspecified atom stereocenters. The van der Waals surface area contributed by atoms with Gasteiger partial charge in [0.25, 0.3) is 0 Å². The van der Waals surface area contributed by atoms with Gasteiger partial charge in [0.05, 0.1) is 0 Å². The van der Waals surface area contributed by atoms with Crippen molar-refractivity contribution in [2.45, 2.75) is 11.8 Å². The predicted octanol–water partition coefficient (Wildman–Crippen LogP) is 0.534. The maximum Gasteiger partial charge on any atom is 0.309 e. The van der Waals surface area contributed by atoms with Crippen LogP contribution in [0, 0.1) is 0 Å². The lowest BCUT2D eigenvalue weighted by atomic mass is 10.2. The Morgan fingerprint density at radius 2 is 1.82 bits per heavy atom. The lowest BCUT2D eigenvalue weighted by Gasteiger charge is -2.05.